The first-order chi connectivity index (χ1) is 12.6. The number of nitrogens with zero attached hydrogens (tertiary/aromatic N) is 4. The van der Waals surface area contributed by atoms with Crippen LogP contribution in [0.3, 0.4) is 0 Å². The van der Waals surface area contributed by atoms with Crippen LogP contribution in [-0.4, -0.2) is 58.2 Å². The van der Waals surface area contributed by atoms with Crippen molar-refractivity contribution in [3.05, 3.63) is 59.9 Å². The Morgan fingerprint density at radius 1 is 1.35 bits per heavy atom. The fourth-order valence-electron chi connectivity index (χ4n) is 3.45. The zero-order valence-corrected chi connectivity index (χ0v) is 15.7. The van der Waals surface area contributed by atoms with E-state index >= 15 is 0 Å². The Balaban J connectivity index is 1.51. The molecule has 26 heavy (non-hydrogen) atoms. The maximum absolute atomic E-state index is 12.5. The number of hydrogen-bond donors (Lipinski definition) is 0. The summed E-state index contributed by atoms with van der Waals surface area (Å²) >= 11 is 0. The minimum absolute atomic E-state index is 0.0926. The molecule has 0 spiro atoms. The number of piperidine rings is 1. The van der Waals surface area contributed by atoms with E-state index < -0.39 is 0 Å². The maximum Gasteiger partial charge on any atom is 0.246 e. The lowest BCUT2D eigenvalue weighted by atomic mass is 10.0. The molecule has 2 heterocycles. The smallest absolute Gasteiger partial charge is 0.246 e. The van der Waals surface area contributed by atoms with E-state index in [-0.39, 0.29) is 5.91 Å². The number of aryl methyl sites for hydroxylation is 1. The van der Waals surface area contributed by atoms with Gasteiger partial charge in [-0.25, -0.2) is 0 Å². The third-order valence-corrected chi connectivity index (χ3v) is 5.07. The van der Waals surface area contributed by atoms with Crippen LogP contribution in [0, 0.1) is 0 Å². The fraction of sp³-hybridized carbons (Fsp3) is 0.429. The summed E-state index contributed by atoms with van der Waals surface area (Å²) in [6.45, 7) is 2.67. The maximum atomic E-state index is 12.5. The average Bonchev–Trinajstić information content (AvgIpc) is 3.10. The Morgan fingerprint density at radius 2 is 2.15 bits per heavy atom. The highest BCUT2D eigenvalue weighted by atomic mass is 16.2. The Hall–Kier alpha value is -2.40. The highest BCUT2D eigenvalue weighted by Crippen LogP contribution is 2.16. The second-order valence-corrected chi connectivity index (χ2v) is 7.08. The molecular formula is C21H28N4O. The van der Waals surface area contributed by atoms with E-state index in [1.165, 1.54) is 5.56 Å². The molecule has 0 bridgehead atoms. The average molecular weight is 352 g/mol. The zero-order chi connectivity index (χ0) is 18.4. The van der Waals surface area contributed by atoms with Gasteiger partial charge in [0.1, 0.15) is 0 Å². The molecule has 0 N–H and O–H groups in total. The van der Waals surface area contributed by atoms with Gasteiger partial charge in [-0.2, -0.15) is 5.10 Å². The number of amides is 1. The molecule has 5 nitrogen and oxygen atoms in total. The summed E-state index contributed by atoms with van der Waals surface area (Å²) in [4.78, 5) is 16.9. The normalized spacial score (nSPS) is 18.0. The van der Waals surface area contributed by atoms with Crippen LogP contribution in [0.4, 0.5) is 0 Å². The third kappa shape index (κ3) is 5.05. The number of benzene rings is 1. The van der Waals surface area contributed by atoms with Crippen LogP contribution >= 0.6 is 0 Å². The highest BCUT2D eigenvalue weighted by Gasteiger charge is 2.25. The summed E-state index contributed by atoms with van der Waals surface area (Å²) in [6, 6.07) is 11.0. The minimum Gasteiger partial charge on any atom is -0.338 e. The molecule has 2 aromatic rings. The Bertz CT molecular complexity index is 737. The van der Waals surface area contributed by atoms with Gasteiger partial charge in [0.15, 0.2) is 0 Å². The second kappa shape index (κ2) is 8.81. The van der Waals surface area contributed by atoms with Crippen LogP contribution < -0.4 is 0 Å². The summed E-state index contributed by atoms with van der Waals surface area (Å²) in [5, 5.41) is 4.12. The molecule has 1 saturated heterocycles. The number of hydrogen-bond acceptors (Lipinski definition) is 3. The largest absolute Gasteiger partial charge is 0.338 e. The van der Waals surface area contributed by atoms with E-state index in [1.807, 2.05) is 24.2 Å². The van der Waals surface area contributed by atoms with Crippen molar-refractivity contribution in [1.29, 1.82) is 0 Å². The van der Waals surface area contributed by atoms with Crippen molar-refractivity contribution < 1.29 is 4.79 Å². The molecule has 1 aliphatic heterocycles. The lowest BCUT2D eigenvalue weighted by molar-refractivity contribution is -0.127. The predicted octanol–water partition coefficient (Wildman–Crippen LogP) is 2.60. The Morgan fingerprint density at radius 3 is 2.88 bits per heavy atom. The van der Waals surface area contributed by atoms with E-state index in [9.17, 15) is 4.79 Å². The van der Waals surface area contributed by atoms with E-state index in [0.29, 0.717) is 6.04 Å². The minimum atomic E-state index is 0.0926. The van der Waals surface area contributed by atoms with Crippen LogP contribution in [-0.2, 0) is 18.3 Å². The van der Waals surface area contributed by atoms with Crippen molar-refractivity contribution in [3.63, 3.8) is 0 Å². The van der Waals surface area contributed by atoms with Gasteiger partial charge in [-0.15, -0.1) is 0 Å². The van der Waals surface area contributed by atoms with Crippen LogP contribution in [0.15, 0.2) is 48.8 Å². The lowest BCUT2D eigenvalue weighted by Gasteiger charge is -2.37. The van der Waals surface area contributed by atoms with Gasteiger partial charge < -0.3 is 9.80 Å². The van der Waals surface area contributed by atoms with Crippen molar-refractivity contribution in [1.82, 2.24) is 19.6 Å². The van der Waals surface area contributed by atoms with E-state index in [0.717, 1.165) is 44.5 Å². The Kier molecular flexibility index (Phi) is 6.23. The fourth-order valence-corrected chi connectivity index (χ4v) is 3.45. The number of carbonyl (C=O) groups excluding carboxylic acids is 1. The van der Waals surface area contributed by atoms with Crippen LogP contribution in [0.1, 0.15) is 24.0 Å². The summed E-state index contributed by atoms with van der Waals surface area (Å²) in [5.74, 6) is 0.0926. The first kappa shape index (κ1) is 18.4. The van der Waals surface area contributed by atoms with Gasteiger partial charge in [0, 0.05) is 50.6 Å². The van der Waals surface area contributed by atoms with Gasteiger partial charge in [-0.05, 0) is 37.9 Å². The van der Waals surface area contributed by atoms with Crippen molar-refractivity contribution in [2.45, 2.75) is 25.3 Å². The molecule has 0 saturated carbocycles. The molecular weight excluding hydrogens is 324 g/mol. The number of rotatable bonds is 6. The van der Waals surface area contributed by atoms with Crippen molar-refractivity contribution >= 4 is 12.0 Å². The molecule has 138 valence electrons. The Labute approximate surface area is 155 Å². The van der Waals surface area contributed by atoms with Gasteiger partial charge in [-0.1, -0.05) is 30.3 Å². The van der Waals surface area contributed by atoms with Crippen LogP contribution in [0.5, 0.6) is 0 Å². The van der Waals surface area contributed by atoms with E-state index in [4.69, 9.17) is 0 Å². The van der Waals surface area contributed by atoms with Gasteiger partial charge >= 0.3 is 0 Å². The summed E-state index contributed by atoms with van der Waals surface area (Å²) in [5.41, 5.74) is 2.32. The van der Waals surface area contributed by atoms with Crippen molar-refractivity contribution in [2.24, 2.45) is 7.05 Å². The number of aromatic nitrogens is 2. The molecule has 0 aliphatic carbocycles. The quantitative estimate of drug-likeness (QED) is 0.751. The molecule has 1 aromatic heterocycles. The molecule has 1 atom stereocenters. The molecule has 0 radical (unpaired) electrons. The van der Waals surface area contributed by atoms with Gasteiger partial charge in [-0.3, -0.25) is 9.48 Å². The topological polar surface area (TPSA) is 41.4 Å². The first-order valence-corrected chi connectivity index (χ1v) is 9.31. The second-order valence-electron chi connectivity index (χ2n) is 7.08. The summed E-state index contributed by atoms with van der Waals surface area (Å²) in [6.07, 6.45) is 10.4. The molecule has 1 amide bonds. The SMILES string of the molecule is CN(CCc1ccccc1)[C@H]1CCCN(C(=O)/C=C/c2cnn(C)c2)C1. The van der Waals surface area contributed by atoms with Crippen molar-refractivity contribution in [3.8, 4) is 0 Å². The third-order valence-electron chi connectivity index (χ3n) is 5.07. The molecule has 0 unspecified atom stereocenters. The number of carbonyl (C=O) groups is 1. The summed E-state index contributed by atoms with van der Waals surface area (Å²) < 4.78 is 1.74. The molecule has 1 fully saturated rings. The number of likely N-dealkylation sites (N-methyl/N-ethyl adjacent to an activating group) is 1. The molecule has 1 aliphatic rings. The lowest BCUT2D eigenvalue weighted by Crippen LogP contribution is -2.48. The highest BCUT2D eigenvalue weighted by molar-refractivity contribution is 5.91. The van der Waals surface area contributed by atoms with Crippen molar-refractivity contribution in [2.75, 3.05) is 26.7 Å². The van der Waals surface area contributed by atoms with Crippen LogP contribution in [0.2, 0.25) is 0 Å². The molecule has 1 aromatic carbocycles. The molecule has 3 rings (SSSR count). The van der Waals surface area contributed by atoms with Gasteiger partial charge in [0.05, 0.1) is 6.20 Å². The van der Waals surface area contributed by atoms with Gasteiger partial charge in [0.2, 0.25) is 5.91 Å². The number of likely N-dealkylation sites (tertiary alicyclic amines) is 1. The zero-order valence-electron chi connectivity index (χ0n) is 15.7. The standard InChI is InChI=1S/C21H28N4O/c1-23(14-12-18-7-4-3-5-8-18)20-9-6-13-25(17-20)21(26)11-10-19-15-22-24(2)16-19/h3-5,7-8,10-11,15-16,20H,6,9,12-14,17H2,1-2H3/b11-10+/t20-/m0/s1. The van der Waals surface area contributed by atoms with Crippen LogP contribution in [0.25, 0.3) is 6.08 Å². The first-order valence-electron chi connectivity index (χ1n) is 9.31. The van der Waals surface area contributed by atoms with E-state index in [2.05, 4.69) is 47.4 Å². The predicted molar refractivity (Wildman–Crippen MR) is 105 cm³/mol. The van der Waals surface area contributed by atoms with E-state index in [1.54, 1.807) is 17.0 Å². The van der Waals surface area contributed by atoms with Gasteiger partial charge in [0.25, 0.3) is 0 Å². The monoisotopic (exact) mass is 352 g/mol. The summed E-state index contributed by atoms with van der Waals surface area (Å²) in [7, 11) is 4.05. The molecule has 5 heteroatoms.